The molecule has 0 radical (unpaired) electrons. The van der Waals surface area contributed by atoms with Crippen LogP contribution in [0.1, 0.15) is 12.8 Å². The topological polar surface area (TPSA) is 66.4 Å². The molecule has 0 spiro atoms. The van der Waals surface area contributed by atoms with Crippen molar-refractivity contribution in [2.75, 3.05) is 53.0 Å². The molecule has 1 aromatic carbocycles. The largest absolute Gasteiger partial charge is 0.490 e. The van der Waals surface area contributed by atoms with Gasteiger partial charge in [0.15, 0.2) is 5.96 Å². The first-order valence-corrected chi connectivity index (χ1v) is 10.3. The Balaban J connectivity index is 1.41. The van der Waals surface area contributed by atoms with Gasteiger partial charge < -0.3 is 24.6 Å². The minimum atomic E-state index is -0.251. The summed E-state index contributed by atoms with van der Waals surface area (Å²) in [6.07, 6.45) is 1.55. The number of nitrogens with zero attached hydrogens (tertiary/aromatic N) is 3. The third-order valence-corrected chi connectivity index (χ3v) is 5.67. The van der Waals surface area contributed by atoms with Gasteiger partial charge in [0.25, 0.3) is 5.91 Å². The predicted molar refractivity (Wildman–Crippen MR) is 110 cm³/mol. The number of halogens is 2. The van der Waals surface area contributed by atoms with Gasteiger partial charge in [-0.3, -0.25) is 9.79 Å². The highest BCUT2D eigenvalue weighted by Crippen LogP contribution is 2.31. The number of nitrogens with one attached hydrogen (secondary N) is 1. The lowest BCUT2D eigenvalue weighted by molar-refractivity contribution is -0.142. The number of aliphatic imine (C=N–C) groups is 1. The van der Waals surface area contributed by atoms with E-state index in [0.29, 0.717) is 48.6 Å². The molecule has 28 heavy (non-hydrogen) atoms. The Labute approximate surface area is 175 Å². The number of benzene rings is 1. The van der Waals surface area contributed by atoms with E-state index in [1.165, 1.54) is 0 Å². The Morgan fingerprint density at radius 3 is 2.71 bits per heavy atom. The van der Waals surface area contributed by atoms with Crippen LogP contribution >= 0.6 is 23.2 Å². The first kappa shape index (κ1) is 21.0. The minimum Gasteiger partial charge on any atom is -0.490 e. The van der Waals surface area contributed by atoms with Crippen LogP contribution in [-0.4, -0.2) is 80.8 Å². The highest BCUT2D eigenvalue weighted by atomic mass is 35.5. The van der Waals surface area contributed by atoms with Crippen molar-refractivity contribution in [3.8, 4) is 5.75 Å². The number of amides is 1. The van der Waals surface area contributed by atoms with Crippen molar-refractivity contribution in [3.05, 3.63) is 28.2 Å². The Morgan fingerprint density at radius 1 is 1.29 bits per heavy atom. The van der Waals surface area contributed by atoms with Crippen LogP contribution in [0.15, 0.2) is 23.2 Å². The summed E-state index contributed by atoms with van der Waals surface area (Å²) >= 11 is 12.1. The van der Waals surface area contributed by atoms with E-state index in [0.717, 1.165) is 31.9 Å². The SMILES string of the molecule is CN=C(NCCOc1cccc(Cl)c1Cl)N1CCN(C(=O)C2CCCO2)CC1. The average Bonchev–Trinajstić information content (AvgIpc) is 3.25. The summed E-state index contributed by atoms with van der Waals surface area (Å²) in [5, 5.41) is 4.18. The monoisotopic (exact) mass is 428 g/mol. The second-order valence-corrected chi connectivity index (χ2v) is 7.47. The summed E-state index contributed by atoms with van der Waals surface area (Å²) in [7, 11) is 1.75. The van der Waals surface area contributed by atoms with Gasteiger partial charge in [0.05, 0.1) is 11.6 Å². The smallest absolute Gasteiger partial charge is 0.251 e. The van der Waals surface area contributed by atoms with E-state index in [1.807, 2.05) is 4.90 Å². The number of piperazine rings is 1. The number of carbonyl (C=O) groups excluding carboxylic acids is 1. The van der Waals surface area contributed by atoms with E-state index in [2.05, 4.69) is 15.2 Å². The van der Waals surface area contributed by atoms with Gasteiger partial charge in [-0.15, -0.1) is 0 Å². The number of ether oxygens (including phenoxy) is 2. The van der Waals surface area contributed by atoms with Crippen molar-refractivity contribution in [2.45, 2.75) is 18.9 Å². The Kier molecular flexibility index (Phi) is 7.65. The van der Waals surface area contributed by atoms with Crippen LogP contribution in [0.25, 0.3) is 0 Å². The van der Waals surface area contributed by atoms with Gasteiger partial charge in [-0.1, -0.05) is 29.3 Å². The molecule has 0 saturated carbocycles. The minimum absolute atomic E-state index is 0.117. The molecule has 0 aromatic heterocycles. The van der Waals surface area contributed by atoms with Crippen LogP contribution in [0.5, 0.6) is 5.75 Å². The van der Waals surface area contributed by atoms with E-state index in [-0.39, 0.29) is 12.0 Å². The summed E-state index contributed by atoms with van der Waals surface area (Å²) in [6.45, 7) is 4.51. The number of rotatable bonds is 5. The molecule has 7 nitrogen and oxygen atoms in total. The van der Waals surface area contributed by atoms with Gasteiger partial charge in [-0.25, -0.2) is 0 Å². The zero-order valence-corrected chi connectivity index (χ0v) is 17.5. The van der Waals surface area contributed by atoms with Crippen molar-refractivity contribution in [2.24, 2.45) is 4.99 Å². The molecule has 0 aliphatic carbocycles. The van der Waals surface area contributed by atoms with Gasteiger partial charge >= 0.3 is 0 Å². The first-order valence-electron chi connectivity index (χ1n) is 9.53. The zero-order chi connectivity index (χ0) is 19.9. The van der Waals surface area contributed by atoms with Crippen molar-refractivity contribution in [1.29, 1.82) is 0 Å². The average molecular weight is 429 g/mol. The van der Waals surface area contributed by atoms with E-state index in [4.69, 9.17) is 32.7 Å². The molecule has 1 unspecified atom stereocenters. The van der Waals surface area contributed by atoms with Crippen molar-refractivity contribution >= 4 is 35.1 Å². The zero-order valence-electron chi connectivity index (χ0n) is 16.0. The van der Waals surface area contributed by atoms with Crippen LogP contribution in [0.2, 0.25) is 10.0 Å². The Bertz CT molecular complexity index is 702. The molecule has 2 saturated heterocycles. The normalized spacial score (nSPS) is 20.4. The summed E-state index contributed by atoms with van der Waals surface area (Å²) < 4.78 is 11.2. The maximum Gasteiger partial charge on any atom is 0.251 e. The molecule has 2 aliphatic rings. The third-order valence-electron chi connectivity index (χ3n) is 4.87. The second kappa shape index (κ2) is 10.2. The van der Waals surface area contributed by atoms with Gasteiger partial charge in [0, 0.05) is 39.8 Å². The van der Waals surface area contributed by atoms with Crippen LogP contribution in [0, 0.1) is 0 Å². The lowest BCUT2D eigenvalue weighted by atomic mass is 10.2. The molecule has 2 heterocycles. The maximum atomic E-state index is 12.4. The fourth-order valence-electron chi connectivity index (χ4n) is 3.37. The fraction of sp³-hybridized carbons (Fsp3) is 0.579. The first-order chi connectivity index (χ1) is 13.6. The lowest BCUT2D eigenvalue weighted by Gasteiger charge is -2.37. The highest BCUT2D eigenvalue weighted by Gasteiger charge is 2.30. The van der Waals surface area contributed by atoms with Crippen LogP contribution in [0.4, 0.5) is 0 Å². The van der Waals surface area contributed by atoms with Crippen molar-refractivity contribution in [3.63, 3.8) is 0 Å². The molecular weight excluding hydrogens is 403 g/mol. The van der Waals surface area contributed by atoms with E-state index in [1.54, 1.807) is 25.2 Å². The highest BCUT2D eigenvalue weighted by molar-refractivity contribution is 6.42. The van der Waals surface area contributed by atoms with E-state index in [9.17, 15) is 4.79 Å². The molecule has 1 N–H and O–H groups in total. The summed E-state index contributed by atoms with van der Waals surface area (Å²) in [5.74, 6) is 1.48. The molecule has 2 fully saturated rings. The second-order valence-electron chi connectivity index (χ2n) is 6.69. The molecule has 1 amide bonds. The molecule has 3 rings (SSSR count). The van der Waals surface area contributed by atoms with Gasteiger partial charge in [0.2, 0.25) is 0 Å². The molecule has 1 aromatic rings. The number of carbonyl (C=O) groups is 1. The molecule has 2 aliphatic heterocycles. The Hall–Kier alpha value is -1.70. The van der Waals surface area contributed by atoms with E-state index >= 15 is 0 Å². The molecular formula is C19H26Cl2N4O3. The van der Waals surface area contributed by atoms with Gasteiger partial charge in [-0.2, -0.15) is 0 Å². The molecule has 154 valence electrons. The van der Waals surface area contributed by atoms with Crippen molar-refractivity contribution < 1.29 is 14.3 Å². The molecule has 0 bridgehead atoms. The maximum absolute atomic E-state index is 12.4. The van der Waals surface area contributed by atoms with Crippen LogP contribution in [0.3, 0.4) is 0 Å². The lowest BCUT2D eigenvalue weighted by Crippen LogP contribution is -2.55. The van der Waals surface area contributed by atoms with E-state index < -0.39 is 0 Å². The molecule has 9 heteroatoms. The molecule has 1 atom stereocenters. The van der Waals surface area contributed by atoms with Crippen LogP contribution in [-0.2, 0) is 9.53 Å². The quantitative estimate of drug-likeness (QED) is 0.442. The Morgan fingerprint density at radius 2 is 2.04 bits per heavy atom. The number of hydrogen-bond acceptors (Lipinski definition) is 4. The predicted octanol–water partition coefficient (Wildman–Crippen LogP) is 2.27. The summed E-state index contributed by atoms with van der Waals surface area (Å²) in [5.41, 5.74) is 0. The third kappa shape index (κ3) is 5.21. The van der Waals surface area contributed by atoms with Gasteiger partial charge in [0.1, 0.15) is 23.5 Å². The number of hydrogen-bond donors (Lipinski definition) is 1. The van der Waals surface area contributed by atoms with Crippen LogP contribution < -0.4 is 10.1 Å². The van der Waals surface area contributed by atoms with Gasteiger partial charge in [-0.05, 0) is 25.0 Å². The van der Waals surface area contributed by atoms with Crippen molar-refractivity contribution in [1.82, 2.24) is 15.1 Å². The summed E-state index contributed by atoms with van der Waals surface area (Å²) in [4.78, 5) is 20.8. The number of guanidine groups is 1. The standard InChI is InChI=1S/C19H26Cl2N4O3/c1-22-19(23-7-13-28-15-5-2-4-14(20)17(15)21)25-10-8-24(9-11-25)18(26)16-6-3-12-27-16/h2,4-5,16H,3,6-13H2,1H3,(H,22,23). The summed E-state index contributed by atoms with van der Waals surface area (Å²) in [6, 6.07) is 5.31. The fourth-order valence-corrected chi connectivity index (χ4v) is 3.71.